The van der Waals surface area contributed by atoms with Gasteiger partial charge in [0.05, 0.1) is 17.4 Å². The minimum atomic E-state index is 0. The van der Waals surface area contributed by atoms with Crippen LogP contribution >= 0.6 is 23.7 Å². The molecular weight excluding hydrogens is 346 g/mol. The van der Waals surface area contributed by atoms with Gasteiger partial charge in [0.25, 0.3) is 5.56 Å². The van der Waals surface area contributed by atoms with Gasteiger partial charge in [-0.2, -0.15) is 0 Å². The van der Waals surface area contributed by atoms with Gasteiger partial charge < -0.3 is 4.98 Å². The highest BCUT2D eigenvalue weighted by molar-refractivity contribution is 7.16. The largest absolute Gasteiger partial charge is 0.348 e. The Kier molecular flexibility index (Phi) is 4.76. The van der Waals surface area contributed by atoms with E-state index in [4.69, 9.17) is 4.98 Å². The molecule has 128 valence electrons. The average molecular weight is 366 g/mol. The predicted octanol–water partition coefficient (Wildman–Crippen LogP) is 2.28. The summed E-state index contributed by atoms with van der Waals surface area (Å²) in [7, 11) is 0. The number of halogens is 1. The van der Waals surface area contributed by atoms with Crippen LogP contribution in [-0.2, 0) is 19.5 Å². The lowest BCUT2D eigenvalue weighted by molar-refractivity contribution is 0.268. The van der Waals surface area contributed by atoms with E-state index in [0.717, 1.165) is 59.0 Å². The molecule has 0 bridgehead atoms. The topological polar surface area (TPSA) is 66.8 Å². The van der Waals surface area contributed by atoms with Crippen molar-refractivity contribution >= 4 is 34.0 Å². The molecule has 6 nitrogen and oxygen atoms in total. The van der Waals surface area contributed by atoms with Gasteiger partial charge in [-0.15, -0.1) is 23.7 Å². The van der Waals surface area contributed by atoms with Crippen LogP contribution in [0.5, 0.6) is 0 Å². The number of nitrogens with one attached hydrogen (secondary N) is 1. The van der Waals surface area contributed by atoms with Crippen molar-refractivity contribution in [1.29, 1.82) is 0 Å². The molecule has 1 aliphatic rings. The van der Waals surface area contributed by atoms with E-state index in [1.165, 1.54) is 0 Å². The summed E-state index contributed by atoms with van der Waals surface area (Å²) in [5.74, 6) is 0.908. The van der Waals surface area contributed by atoms with Crippen molar-refractivity contribution in [2.75, 3.05) is 13.1 Å². The monoisotopic (exact) mass is 365 g/mol. The summed E-state index contributed by atoms with van der Waals surface area (Å²) < 4.78 is 1.86. The minimum absolute atomic E-state index is 0. The molecule has 4 heterocycles. The van der Waals surface area contributed by atoms with Crippen LogP contribution in [0.15, 0.2) is 16.5 Å². The molecule has 0 atom stereocenters. The molecule has 0 aromatic carbocycles. The number of aryl methyl sites for hydroxylation is 2. The Morgan fingerprint density at radius 2 is 2.12 bits per heavy atom. The van der Waals surface area contributed by atoms with E-state index < -0.39 is 0 Å². The van der Waals surface area contributed by atoms with Crippen molar-refractivity contribution < 1.29 is 0 Å². The summed E-state index contributed by atoms with van der Waals surface area (Å²) in [4.78, 5) is 28.2. The van der Waals surface area contributed by atoms with Gasteiger partial charge in [0.1, 0.15) is 10.7 Å². The van der Waals surface area contributed by atoms with E-state index in [1.54, 1.807) is 17.7 Å². The molecule has 0 saturated heterocycles. The van der Waals surface area contributed by atoms with Crippen LogP contribution in [0.4, 0.5) is 0 Å². The van der Waals surface area contributed by atoms with Gasteiger partial charge in [-0.1, -0.05) is 0 Å². The first-order valence-electron chi connectivity index (χ1n) is 7.82. The smallest absolute Gasteiger partial charge is 0.262 e. The Hall–Kier alpha value is -1.70. The lowest BCUT2D eigenvalue weighted by Gasteiger charge is -2.18. The summed E-state index contributed by atoms with van der Waals surface area (Å²) in [5, 5.41) is 2.81. The molecule has 1 N–H and O–H groups in total. The van der Waals surface area contributed by atoms with Crippen LogP contribution in [-0.4, -0.2) is 37.5 Å². The van der Waals surface area contributed by atoms with Crippen LogP contribution in [0.25, 0.3) is 10.2 Å². The zero-order valence-corrected chi connectivity index (χ0v) is 15.3. The predicted molar refractivity (Wildman–Crippen MR) is 98.2 cm³/mol. The van der Waals surface area contributed by atoms with Crippen LogP contribution in [0.2, 0.25) is 0 Å². The quantitative estimate of drug-likeness (QED) is 0.756. The normalized spacial score (nSPS) is 15.1. The number of aromatic amines is 1. The van der Waals surface area contributed by atoms with Crippen molar-refractivity contribution in [2.45, 2.75) is 33.4 Å². The Bertz CT molecular complexity index is 928. The van der Waals surface area contributed by atoms with E-state index >= 15 is 0 Å². The molecule has 1 aliphatic heterocycles. The van der Waals surface area contributed by atoms with Crippen LogP contribution < -0.4 is 5.56 Å². The van der Waals surface area contributed by atoms with Gasteiger partial charge in [0, 0.05) is 38.3 Å². The summed E-state index contributed by atoms with van der Waals surface area (Å²) >= 11 is 1.56. The summed E-state index contributed by atoms with van der Waals surface area (Å²) in [6.45, 7) is 7.27. The van der Waals surface area contributed by atoms with Crippen LogP contribution in [0.1, 0.15) is 22.8 Å². The summed E-state index contributed by atoms with van der Waals surface area (Å²) in [6, 6.07) is 0. The first-order valence-corrected chi connectivity index (χ1v) is 8.70. The Balaban J connectivity index is 0.00000169. The van der Waals surface area contributed by atoms with Crippen LogP contribution in [0.3, 0.4) is 0 Å². The maximum Gasteiger partial charge on any atom is 0.262 e. The van der Waals surface area contributed by atoms with Gasteiger partial charge in [-0.3, -0.25) is 14.3 Å². The van der Waals surface area contributed by atoms with E-state index in [-0.39, 0.29) is 18.0 Å². The highest BCUT2D eigenvalue weighted by atomic mass is 35.5. The highest BCUT2D eigenvalue weighted by Gasteiger charge is 2.20. The third-order valence-electron chi connectivity index (χ3n) is 4.56. The molecule has 0 radical (unpaired) electrons. The fraction of sp³-hybridized carbons (Fsp3) is 0.438. The number of rotatable bonds is 2. The van der Waals surface area contributed by atoms with Gasteiger partial charge in [-0.05, 0) is 24.8 Å². The maximum atomic E-state index is 12.8. The SMILES string of the molecule is Cc1[nH]cnc1CN1CCc2nc3scc(C)c3c(=O)n2CC1.Cl. The third-order valence-corrected chi connectivity index (χ3v) is 5.55. The maximum absolute atomic E-state index is 12.8. The number of imidazole rings is 1. The number of hydrogen-bond acceptors (Lipinski definition) is 5. The average Bonchev–Trinajstić information content (AvgIpc) is 3.02. The van der Waals surface area contributed by atoms with Crippen molar-refractivity contribution in [3.63, 3.8) is 0 Å². The second-order valence-electron chi connectivity index (χ2n) is 6.08. The molecule has 0 aliphatic carbocycles. The van der Waals surface area contributed by atoms with Gasteiger partial charge in [0.2, 0.25) is 0 Å². The van der Waals surface area contributed by atoms with E-state index in [9.17, 15) is 4.79 Å². The molecule has 3 aromatic rings. The lowest BCUT2D eigenvalue weighted by Crippen LogP contribution is -2.29. The molecule has 0 saturated carbocycles. The Morgan fingerprint density at radius 3 is 2.88 bits per heavy atom. The van der Waals surface area contributed by atoms with Crippen molar-refractivity contribution in [2.24, 2.45) is 0 Å². The number of H-pyrrole nitrogens is 1. The first-order chi connectivity index (χ1) is 11.1. The zero-order valence-electron chi connectivity index (χ0n) is 13.7. The zero-order chi connectivity index (χ0) is 16.0. The molecule has 8 heteroatoms. The highest BCUT2D eigenvalue weighted by Crippen LogP contribution is 2.21. The fourth-order valence-corrected chi connectivity index (χ4v) is 4.08. The van der Waals surface area contributed by atoms with Crippen molar-refractivity contribution in [1.82, 2.24) is 24.4 Å². The molecule has 3 aromatic heterocycles. The number of aromatic nitrogens is 4. The van der Waals surface area contributed by atoms with Gasteiger partial charge in [0.15, 0.2) is 0 Å². The Labute approximate surface area is 150 Å². The lowest BCUT2D eigenvalue weighted by atomic mass is 10.2. The minimum Gasteiger partial charge on any atom is -0.348 e. The van der Waals surface area contributed by atoms with E-state index in [1.807, 2.05) is 23.8 Å². The van der Waals surface area contributed by atoms with Gasteiger partial charge in [-0.25, -0.2) is 9.97 Å². The summed E-state index contributed by atoms with van der Waals surface area (Å²) in [5.41, 5.74) is 3.33. The van der Waals surface area contributed by atoms with Crippen molar-refractivity contribution in [3.05, 3.63) is 44.8 Å². The molecule has 4 rings (SSSR count). The molecule has 24 heavy (non-hydrogen) atoms. The second-order valence-corrected chi connectivity index (χ2v) is 6.94. The van der Waals surface area contributed by atoms with E-state index in [0.29, 0.717) is 6.54 Å². The van der Waals surface area contributed by atoms with Gasteiger partial charge >= 0.3 is 0 Å². The molecule has 0 spiro atoms. The molecule has 0 fully saturated rings. The first kappa shape index (κ1) is 17.1. The summed E-state index contributed by atoms with van der Waals surface area (Å²) in [6.07, 6.45) is 2.53. The molecule has 0 amide bonds. The fourth-order valence-electron chi connectivity index (χ4n) is 3.15. The number of nitrogens with zero attached hydrogens (tertiary/aromatic N) is 4. The van der Waals surface area contributed by atoms with Crippen LogP contribution in [0, 0.1) is 13.8 Å². The molecular formula is C16H20ClN5OS. The number of fused-ring (bicyclic) bond motifs is 2. The van der Waals surface area contributed by atoms with E-state index in [2.05, 4.69) is 14.9 Å². The third kappa shape index (κ3) is 2.87. The Morgan fingerprint density at radius 1 is 1.29 bits per heavy atom. The second kappa shape index (κ2) is 6.66. The van der Waals surface area contributed by atoms with Crippen molar-refractivity contribution in [3.8, 4) is 0 Å². The standard InChI is InChI=1S/C16H19N5OS.ClH/c1-10-8-23-15-14(10)16(22)21-6-5-20(4-3-13(21)19-15)7-12-11(2)17-9-18-12;/h8-9H,3-7H2,1-2H3,(H,17,18);1H. The number of thiophene rings is 1. The molecule has 0 unspecified atom stereocenters. The number of hydrogen-bond donors (Lipinski definition) is 1.